The number of methoxy groups -OCH3 is 1. The Morgan fingerprint density at radius 1 is 1.33 bits per heavy atom. The molecular formula is C17H25NO3. The highest BCUT2D eigenvalue weighted by Gasteiger charge is 2.16. The third-order valence-corrected chi connectivity index (χ3v) is 4.15. The molecule has 0 radical (unpaired) electrons. The number of aliphatic carboxylic acids is 1. The zero-order chi connectivity index (χ0) is 15.2. The Morgan fingerprint density at radius 2 is 2.05 bits per heavy atom. The zero-order valence-electron chi connectivity index (χ0n) is 13.0. The molecule has 1 unspecified atom stereocenters. The lowest BCUT2D eigenvalue weighted by Gasteiger charge is -2.27. The molecule has 1 aromatic carbocycles. The van der Waals surface area contributed by atoms with Crippen LogP contribution >= 0.6 is 0 Å². The number of rotatable bonds is 6. The first-order valence-electron chi connectivity index (χ1n) is 7.71. The molecule has 21 heavy (non-hydrogen) atoms. The average molecular weight is 291 g/mol. The fourth-order valence-corrected chi connectivity index (χ4v) is 2.88. The first-order valence-corrected chi connectivity index (χ1v) is 7.71. The van der Waals surface area contributed by atoms with E-state index >= 15 is 0 Å². The van der Waals surface area contributed by atoms with Crippen LogP contribution in [0, 0.1) is 5.92 Å². The molecule has 1 aliphatic rings. The maximum atomic E-state index is 11.0. The Hall–Kier alpha value is -1.55. The van der Waals surface area contributed by atoms with Gasteiger partial charge in [0, 0.05) is 12.1 Å². The van der Waals surface area contributed by atoms with Crippen molar-refractivity contribution in [2.75, 3.05) is 20.2 Å². The quantitative estimate of drug-likeness (QED) is 0.875. The molecule has 116 valence electrons. The summed E-state index contributed by atoms with van der Waals surface area (Å²) in [5, 5.41) is 9.04. The standard InChI is InChI=1S/C17H25NO3/c1-13(17(19)20)10-14-6-7-16(21-2)15(11-14)12-18-8-4-3-5-9-18/h6-7,11,13H,3-5,8-10,12H2,1-2H3,(H,19,20). The molecule has 4 heteroatoms. The number of carboxylic acids is 1. The van der Waals surface area contributed by atoms with Gasteiger partial charge in [0.15, 0.2) is 0 Å². The molecule has 0 aromatic heterocycles. The number of ether oxygens (including phenoxy) is 1. The molecule has 1 aliphatic heterocycles. The average Bonchev–Trinajstić information content (AvgIpc) is 2.48. The Kier molecular flexibility index (Phi) is 5.62. The van der Waals surface area contributed by atoms with Gasteiger partial charge in [0.2, 0.25) is 0 Å². The van der Waals surface area contributed by atoms with E-state index in [1.807, 2.05) is 12.1 Å². The van der Waals surface area contributed by atoms with Gasteiger partial charge in [0.1, 0.15) is 5.75 Å². The number of nitrogens with zero attached hydrogens (tertiary/aromatic N) is 1. The van der Waals surface area contributed by atoms with Gasteiger partial charge >= 0.3 is 5.97 Å². The van der Waals surface area contributed by atoms with E-state index in [4.69, 9.17) is 9.84 Å². The normalized spacial score (nSPS) is 17.4. The summed E-state index contributed by atoms with van der Waals surface area (Å²) >= 11 is 0. The van der Waals surface area contributed by atoms with Crippen molar-refractivity contribution in [2.24, 2.45) is 5.92 Å². The zero-order valence-corrected chi connectivity index (χ0v) is 13.0. The minimum Gasteiger partial charge on any atom is -0.496 e. The molecule has 1 heterocycles. The molecular weight excluding hydrogens is 266 g/mol. The van der Waals surface area contributed by atoms with Gasteiger partial charge in [0.25, 0.3) is 0 Å². The lowest BCUT2D eigenvalue weighted by molar-refractivity contribution is -0.141. The van der Waals surface area contributed by atoms with E-state index in [0.717, 1.165) is 36.5 Å². The molecule has 0 amide bonds. The molecule has 0 bridgehead atoms. The number of hydrogen-bond donors (Lipinski definition) is 1. The summed E-state index contributed by atoms with van der Waals surface area (Å²) in [7, 11) is 1.69. The maximum absolute atomic E-state index is 11.0. The summed E-state index contributed by atoms with van der Waals surface area (Å²) in [6, 6.07) is 6.04. The van der Waals surface area contributed by atoms with Crippen molar-refractivity contribution in [3.63, 3.8) is 0 Å². The largest absolute Gasteiger partial charge is 0.496 e. The predicted octanol–water partition coefficient (Wildman–Crippen LogP) is 2.94. The fourth-order valence-electron chi connectivity index (χ4n) is 2.88. The van der Waals surface area contributed by atoms with Crippen LogP contribution in [0.15, 0.2) is 18.2 Å². The van der Waals surface area contributed by atoms with Crippen LogP contribution in [0.2, 0.25) is 0 Å². The second-order valence-electron chi connectivity index (χ2n) is 5.93. The third-order valence-electron chi connectivity index (χ3n) is 4.15. The highest BCUT2D eigenvalue weighted by Crippen LogP contribution is 2.24. The van der Waals surface area contributed by atoms with Crippen LogP contribution in [0.25, 0.3) is 0 Å². The van der Waals surface area contributed by atoms with E-state index < -0.39 is 5.97 Å². The Balaban J connectivity index is 2.11. The van der Waals surface area contributed by atoms with Crippen LogP contribution in [0.5, 0.6) is 5.75 Å². The van der Waals surface area contributed by atoms with Crippen molar-refractivity contribution in [3.8, 4) is 5.75 Å². The van der Waals surface area contributed by atoms with Gasteiger partial charge < -0.3 is 9.84 Å². The maximum Gasteiger partial charge on any atom is 0.306 e. The van der Waals surface area contributed by atoms with Crippen LogP contribution in [0.3, 0.4) is 0 Å². The van der Waals surface area contributed by atoms with E-state index in [1.165, 1.54) is 19.3 Å². The topological polar surface area (TPSA) is 49.8 Å². The van der Waals surface area contributed by atoms with Gasteiger partial charge in [-0.2, -0.15) is 0 Å². The molecule has 4 nitrogen and oxygen atoms in total. The van der Waals surface area contributed by atoms with Gasteiger partial charge in [0.05, 0.1) is 13.0 Å². The van der Waals surface area contributed by atoms with Gasteiger partial charge in [-0.3, -0.25) is 9.69 Å². The van der Waals surface area contributed by atoms with Gasteiger partial charge in [-0.05, 0) is 44.0 Å². The fraction of sp³-hybridized carbons (Fsp3) is 0.588. The predicted molar refractivity (Wildman–Crippen MR) is 82.6 cm³/mol. The minimum absolute atomic E-state index is 0.360. The Labute approximate surface area is 126 Å². The van der Waals surface area contributed by atoms with Crippen LogP contribution in [-0.4, -0.2) is 36.2 Å². The first-order chi connectivity index (χ1) is 10.1. The summed E-state index contributed by atoms with van der Waals surface area (Å²) in [6.07, 6.45) is 4.41. The van der Waals surface area contributed by atoms with Crippen LogP contribution in [-0.2, 0) is 17.8 Å². The first kappa shape index (κ1) is 15.8. The minimum atomic E-state index is -0.747. The molecule has 1 aromatic rings. The van der Waals surface area contributed by atoms with Gasteiger partial charge in [-0.25, -0.2) is 0 Å². The molecule has 1 saturated heterocycles. The molecule has 0 spiro atoms. The van der Waals surface area contributed by atoms with Gasteiger partial charge in [-0.1, -0.05) is 25.5 Å². The second-order valence-corrected chi connectivity index (χ2v) is 5.93. The van der Waals surface area contributed by atoms with E-state index in [-0.39, 0.29) is 5.92 Å². The van der Waals surface area contributed by atoms with Crippen LogP contribution in [0.1, 0.15) is 37.3 Å². The Bertz CT molecular complexity index is 481. The van der Waals surface area contributed by atoms with Crippen molar-refractivity contribution in [1.82, 2.24) is 4.90 Å². The van der Waals surface area contributed by atoms with Crippen molar-refractivity contribution in [1.29, 1.82) is 0 Å². The molecule has 0 saturated carbocycles. The summed E-state index contributed by atoms with van der Waals surface area (Å²) in [5.74, 6) is -0.211. The highest BCUT2D eigenvalue weighted by molar-refractivity contribution is 5.69. The summed E-state index contributed by atoms with van der Waals surface area (Å²) < 4.78 is 5.45. The molecule has 1 N–H and O–H groups in total. The van der Waals surface area contributed by atoms with E-state index in [2.05, 4.69) is 11.0 Å². The highest BCUT2D eigenvalue weighted by atomic mass is 16.5. The van der Waals surface area contributed by atoms with E-state index in [1.54, 1.807) is 14.0 Å². The lowest BCUT2D eigenvalue weighted by atomic mass is 9.98. The van der Waals surface area contributed by atoms with Gasteiger partial charge in [-0.15, -0.1) is 0 Å². The van der Waals surface area contributed by atoms with Crippen molar-refractivity contribution in [2.45, 2.75) is 39.2 Å². The summed E-state index contributed by atoms with van der Waals surface area (Å²) in [5.41, 5.74) is 2.23. The smallest absolute Gasteiger partial charge is 0.306 e. The second kappa shape index (κ2) is 7.46. The number of carboxylic acid groups (broad SMARTS) is 1. The molecule has 0 aliphatic carbocycles. The number of benzene rings is 1. The van der Waals surface area contributed by atoms with Crippen molar-refractivity contribution < 1.29 is 14.6 Å². The number of hydrogen-bond acceptors (Lipinski definition) is 3. The SMILES string of the molecule is COc1ccc(CC(C)C(=O)O)cc1CN1CCCCC1. The summed E-state index contributed by atoms with van der Waals surface area (Å²) in [4.78, 5) is 13.4. The lowest BCUT2D eigenvalue weighted by Crippen LogP contribution is -2.29. The van der Waals surface area contributed by atoms with Crippen LogP contribution in [0.4, 0.5) is 0 Å². The summed E-state index contributed by atoms with van der Waals surface area (Å²) in [6.45, 7) is 4.91. The van der Waals surface area contributed by atoms with Crippen molar-refractivity contribution in [3.05, 3.63) is 29.3 Å². The monoisotopic (exact) mass is 291 g/mol. The number of likely N-dealkylation sites (tertiary alicyclic amines) is 1. The number of piperidine rings is 1. The molecule has 2 rings (SSSR count). The van der Waals surface area contributed by atoms with E-state index in [9.17, 15) is 4.79 Å². The third kappa shape index (κ3) is 4.46. The molecule has 1 atom stereocenters. The number of carbonyl (C=O) groups is 1. The molecule has 1 fully saturated rings. The Morgan fingerprint density at radius 3 is 2.67 bits per heavy atom. The van der Waals surface area contributed by atoms with Crippen molar-refractivity contribution >= 4 is 5.97 Å². The van der Waals surface area contributed by atoms with E-state index in [0.29, 0.717) is 6.42 Å². The van der Waals surface area contributed by atoms with Crippen LogP contribution < -0.4 is 4.74 Å².